The molecule has 0 saturated carbocycles. The van der Waals surface area contributed by atoms with Crippen LogP contribution in [0.2, 0.25) is 5.02 Å². The molecule has 1 heterocycles. The lowest BCUT2D eigenvalue weighted by molar-refractivity contribution is 1.30. The molecule has 1 aromatic carbocycles. The van der Waals surface area contributed by atoms with Crippen LogP contribution in [-0.4, -0.2) is 4.98 Å². The zero-order valence-electron chi connectivity index (χ0n) is 6.49. The molecule has 0 aliphatic rings. The quantitative estimate of drug-likeness (QED) is 0.724. The molecule has 2 aromatic rings. The maximum atomic E-state index is 5.99. The van der Waals surface area contributed by atoms with E-state index in [1.807, 2.05) is 19.1 Å². The van der Waals surface area contributed by atoms with Gasteiger partial charge in [0.05, 0.1) is 10.5 Å². The Balaban J connectivity index is 2.93. The molecule has 0 radical (unpaired) electrons. The fourth-order valence-electron chi connectivity index (χ4n) is 1.29. The van der Waals surface area contributed by atoms with E-state index >= 15 is 0 Å². The molecule has 0 amide bonds. The Labute approximate surface area is 83.9 Å². The molecule has 0 atom stereocenters. The summed E-state index contributed by atoms with van der Waals surface area (Å²) in [5, 5.41) is 1.90. The van der Waals surface area contributed by atoms with Crippen molar-refractivity contribution >= 4 is 38.4 Å². The number of aryl methyl sites for hydroxylation is 1. The van der Waals surface area contributed by atoms with Crippen LogP contribution >= 0.6 is 27.5 Å². The summed E-state index contributed by atoms with van der Waals surface area (Å²) < 4.78 is 1.08. The van der Waals surface area contributed by atoms with E-state index in [0.717, 1.165) is 26.1 Å². The molecule has 0 spiro atoms. The lowest BCUT2D eigenvalue weighted by Gasteiger charge is -1.95. The van der Waals surface area contributed by atoms with Gasteiger partial charge < -0.3 is 4.98 Å². The maximum absolute atomic E-state index is 5.99. The SMILES string of the molecule is Cc1cc2c(Br)ccc(Cl)c2[nH]1. The first-order chi connectivity index (χ1) is 5.68. The van der Waals surface area contributed by atoms with Gasteiger partial charge >= 0.3 is 0 Å². The first kappa shape index (κ1) is 8.14. The molecule has 1 aromatic heterocycles. The lowest BCUT2D eigenvalue weighted by Crippen LogP contribution is -1.71. The first-order valence-corrected chi connectivity index (χ1v) is 4.79. The summed E-state index contributed by atoms with van der Waals surface area (Å²) in [5.41, 5.74) is 2.13. The molecule has 0 unspecified atom stereocenters. The van der Waals surface area contributed by atoms with Gasteiger partial charge in [-0.05, 0) is 25.1 Å². The number of fused-ring (bicyclic) bond motifs is 1. The zero-order valence-corrected chi connectivity index (χ0v) is 8.83. The zero-order chi connectivity index (χ0) is 8.72. The molecule has 1 N–H and O–H groups in total. The van der Waals surface area contributed by atoms with Crippen LogP contribution in [-0.2, 0) is 0 Å². The number of rotatable bonds is 0. The fourth-order valence-corrected chi connectivity index (χ4v) is 1.94. The minimum atomic E-state index is 0.765. The van der Waals surface area contributed by atoms with Crippen molar-refractivity contribution in [2.75, 3.05) is 0 Å². The number of nitrogens with one attached hydrogen (secondary N) is 1. The summed E-state index contributed by atoms with van der Waals surface area (Å²) >= 11 is 9.46. The molecule has 0 fully saturated rings. The fraction of sp³-hybridized carbons (Fsp3) is 0.111. The molecule has 0 aliphatic heterocycles. The van der Waals surface area contributed by atoms with Crippen molar-refractivity contribution in [1.29, 1.82) is 0 Å². The summed E-state index contributed by atoms with van der Waals surface area (Å²) in [6.45, 7) is 2.02. The number of aromatic nitrogens is 1. The first-order valence-electron chi connectivity index (χ1n) is 3.62. The monoisotopic (exact) mass is 243 g/mol. The minimum absolute atomic E-state index is 0.765. The van der Waals surface area contributed by atoms with Gasteiger partial charge in [-0.1, -0.05) is 27.5 Å². The second-order valence-corrected chi connectivity index (χ2v) is 4.03. The van der Waals surface area contributed by atoms with Gasteiger partial charge in [0.25, 0.3) is 0 Å². The normalized spacial score (nSPS) is 10.9. The van der Waals surface area contributed by atoms with E-state index in [2.05, 4.69) is 27.0 Å². The number of hydrogen-bond donors (Lipinski definition) is 1. The summed E-state index contributed by atoms with van der Waals surface area (Å²) in [5.74, 6) is 0. The second-order valence-electron chi connectivity index (χ2n) is 2.77. The molecular weight excluding hydrogens is 237 g/mol. The predicted molar refractivity (Wildman–Crippen MR) is 55.7 cm³/mol. The van der Waals surface area contributed by atoms with E-state index in [4.69, 9.17) is 11.6 Å². The third kappa shape index (κ3) is 1.15. The molecular formula is C9H7BrClN. The smallest absolute Gasteiger partial charge is 0.0656 e. The molecule has 1 nitrogen and oxygen atoms in total. The standard InChI is InChI=1S/C9H7BrClN/c1-5-4-6-7(10)2-3-8(11)9(6)12-5/h2-4,12H,1H3. The van der Waals surface area contributed by atoms with Crippen molar-refractivity contribution in [3.63, 3.8) is 0 Å². The van der Waals surface area contributed by atoms with Crippen molar-refractivity contribution in [2.24, 2.45) is 0 Å². The summed E-state index contributed by atoms with van der Waals surface area (Å²) in [7, 11) is 0. The third-order valence-electron chi connectivity index (χ3n) is 1.82. The van der Waals surface area contributed by atoms with Crippen molar-refractivity contribution in [3.05, 3.63) is 33.4 Å². The number of benzene rings is 1. The van der Waals surface area contributed by atoms with Crippen LogP contribution in [0, 0.1) is 6.92 Å². The highest BCUT2D eigenvalue weighted by molar-refractivity contribution is 9.10. The number of aromatic amines is 1. The Kier molecular flexibility index (Phi) is 1.89. The van der Waals surface area contributed by atoms with Crippen LogP contribution in [0.4, 0.5) is 0 Å². The van der Waals surface area contributed by atoms with Gasteiger partial charge in [0, 0.05) is 15.6 Å². The van der Waals surface area contributed by atoms with Gasteiger partial charge in [0.15, 0.2) is 0 Å². The highest BCUT2D eigenvalue weighted by Crippen LogP contribution is 2.29. The van der Waals surface area contributed by atoms with Gasteiger partial charge in [-0.15, -0.1) is 0 Å². The van der Waals surface area contributed by atoms with Crippen LogP contribution in [0.15, 0.2) is 22.7 Å². The van der Waals surface area contributed by atoms with E-state index in [-0.39, 0.29) is 0 Å². The number of H-pyrrole nitrogens is 1. The van der Waals surface area contributed by atoms with Crippen molar-refractivity contribution in [3.8, 4) is 0 Å². The topological polar surface area (TPSA) is 15.8 Å². The van der Waals surface area contributed by atoms with Gasteiger partial charge in [-0.2, -0.15) is 0 Å². The van der Waals surface area contributed by atoms with E-state index in [1.54, 1.807) is 0 Å². The average molecular weight is 245 g/mol. The highest BCUT2D eigenvalue weighted by atomic mass is 79.9. The van der Waals surface area contributed by atoms with Gasteiger partial charge in [-0.25, -0.2) is 0 Å². The molecule has 12 heavy (non-hydrogen) atoms. The van der Waals surface area contributed by atoms with Crippen LogP contribution in [0.5, 0.6) is 0 Å². The van der Waals surface area contributed by atoms with E-state index < -0.39 is 0 Å². The minimum Gasteiger partial charge on any atom is -0.357 e. The molecule has 2 rings (SSSR count). The molecule has 0 aliphatic carbocycles. The maximum Gasteiger partial charge on any atom is 0.0656 e. The Morgan fingerprint density at radius 1 is 1.42 bits per heavy atom. The summed E-state index contributed by atoms with van der Waals surface area (Å²) in [4.78, 5) is 3.21. The summed E-state index contributed by atoms with van der Waals surface area (Å²) in [6.07, 6.45) is 0. The summed E-state index contributed by atoms with van der Waals surface area (Å²) in [6, 6.07) is 5.91. The van der Waals surface area contributed by atoms with Crippen LogP contribution in [0.1, 0.15) is 5.69 Å². The van der Waals surface area contributed by atoms with Crippen LogP contribution < -0.4 is 0 Å². The predicted octanol–water partition coefficient (Wildman–Crippen LogP) is 3.89. The van der Waals surface area contributed by atoms with Crippen molar-refractivity contribution in [2.45, 2.75) is 6.92 Å². The highest BCUT2D eigenvalue weighted by Gasteiger charge is 2.04. The Hall–Kier alpha value is -0.470. The largest absolute Gasteiger partial charge is 0.357 e. The van der Waals surface area contributed by atoms with E-state index in [1.165, 1.54) is 0 Å². The van der Waals surface area contributed by atoms with Crippen LogP contribution in [0.3, 0.4) is 0 Å². The number of halogens is 2. The van der Waals surface area contributed by atoms with Gasteiger partial charge in [0.1, 0.15) is 0 Å². The van der Waals surface area contributed by atoms with Gasteiger partial charge in [-0.3, -0.25) is 0 Å². The van der Waals surface area contributed by atoms with Crippen molar-refractivity contribution in [1.82, 2.24) is 4.98 Å². The average Bonchev–Trinajstić information content (AvgIpc) is 2.41. The van der Waals surface area contributed by atoms with Crippen LogP contribution in [0.25, 0.3) is 10.9 Å². The molecule has 62 valence electrons. The molecule has 3 heteroatoms. The number of hydrogen-bond acceptors (Lipinski definition) is 0. The Bertz CT molecular complexity index is 394. The molecule has 0 bridgehead atoms. The third-order valence-corrected chi connectivity index (χ3v) is 2.83. The van der Waals surface area contributed by atoms with E-state index in [9.17, 15) is 0 Å². The Morgan fingerprint density at radius 2 is 2.17 bits per heavy atom. The second kappa shape index (κ2) is 2.79. The molecule has 0 saturated heterocycles. The van der Waals surface area contributed by atoms with E-state index in [0.29, 0.717) is 0 Å². The van der Waals surface area contributed by atoms with Gasteiger partial charge in [0.2, 0.25) is 0 Å². The Morgan fingerprint density at radius 3 is 2.83 bits per heavy atom. The van der Waals surface area contributed by atoms with Crippen molar-refractivity contribution < 1.29 is 0 Å². The lowest BCUT2D eigenvalue weighted by atomic mass is 10.2.